The number of aryl methyl sites for hydroxylation is 1. The second-order valence-corrected chi connectivity index (χ2v) is 5.16. The molecule has 6 heteroatoms. The molecule has 2 heterocycles. The van der Waals surface area contributed by atoms with Crippen molar-refractivity contribution in [3.05, 3.63) is 35.0 Å². The predicted molar refractivity (Wildman–Crippen MR) is 71.9 cm³/mol. The lowest BCUT2D eigenvalue weighted by Crippen LogP contribution is -1.96. The van der Waals surface area contributed by atoms with Crippen LogP contribution in [-0.4, -0.2) is 19.9 Å². The van der Waals surface area contributed by atoms with E-state index in [0.29, 0.717) is 10.3 Å². The fourth-order valence-electron chi connectivity index (χ4n) is 1.44. The van der Waals surface area contributed by atoms with E-state index in [9.17, 15) is 0 Å². The van der Waals surface area contributed by atoms with Gasteiger partial charge in [-0.15, -0.1) is 0 Å². The SMILES string of the molecule is CCCc1c(Cl)ncnc1Sc1ncc(C)cn1. The molecule has 0 amide bonds. The number of hydrogen-bond donors (Lipinski definition) is 0. The Kier molecular flexibility index (Phi) is 4.49. The van der Waals surface area contributed by atoms with E-state index >= 15 is 0 Å². The van der Waals surface area contributed by atoms with Crippen LogP contribution in [0.25, 0.3) is 0 Å². The highest BCUT2D eigenvalue weighted by Crippen LogP contribution is 2.29. The number of rotatable bonds is 4. The lowest BCUT2D eigenvalue weighted by atomic mass is 10.2. The molecular weight excluding hydrogens is 268 g/mol. The van der Waals surface area contributed by atoms with Gasteiger partial charge >= 0.3 is 0 Å². The van der Waals surface area contributed by atoms with Crippen molar-refractivity contribution in [1.82, 2.24) is 19.9 Å². The molecule has 0 saturated heterocycles. The third kappa shape index (κ3) is 3.17. The van der Waals surface area contributed by atoms with E-state index in [4.69, 9.17) is 11.6 Å². The highest BCUT2D eigenvalue weighted by Gasteiger charge is 2.11. The van der Waals surface area contributed by atoms with E-state index in [2.05, 4.69) is 26.9 Å². The van der Waals surface area contributed by atoms with Crippen LogP contribution in [0.1, 0.15) is 24.5 Å². The van der Waals surface area contributed by atoms with E-state index < -0.39 is 0 Å². The predicted octanol–water partition coefficient (Wildman–Crippen LogP) is 3.33. The Labute approximate surface area is 115 Å². The summed E-state index contributed by atoms with van der Waals surface area (Å²) >= 11 is 7.51. The fraction of sp³-hybridized carbons (Fsp3) is 0.333. The Morgan fingerprint density at radius 3 is 2.56 bits per heavy atom. The van der Waals surface area contributed by atoms with E-state index in [1.54, 1.807) is 12.4 Å². The minimum Gasteiger partial charge on any atom is -0.231 e. The fourth-order valence-corrected chi connectivity index (χ4v) is 2.53. The molecule has 0 radical (unpaired) electrons. The summed E-state index contributed by atoms with van der Waals surface area (Å²) in [7, 11) is 0. The third-order valence-electron chi connectivity index (χ3n) is 2.30. The second-order valence-electron chi connectivity index (χ2n) is 3.84. The molecule has 2 aromatic heterocycles. The van der Waals surface area contributed by atoms with Crippen LogP contribution in [0, 0.1) is 6.92 Å². The normalized spacial score (nSPS) is 10.6. The van der Waals surface area contributed by atoms with Crippen LogP contribution >= 0.6 is 23.4 Å². The first-order valence-electron chi connectivity index (χ1n) is 5.66. The van der Waals surface area contributed by atoms with Gasteiger partial charge in [0.1, 0.15) is 16.5 Å². The molecule has 0 bridgehead atoms. The molecular formula is C12H13ClN4S. The molecule has 0 aliphatic carbocycles. The summed E-state index contributed by atoms with van der Waals surface area (Å²) in [6, 6.07) is 0. The Morgan fingerprint density at radius 1 is 1.17 bits per heavy atom. The smallest absolute Gasteiger partial charge is 0.193 e. The minimum atomic E-state index is 0.515. The largest absolute Gasteiger partial charge is 0.231 e. The number of nitrogens with zero attached hydrogens (tertiary/aromatic N) is 4. The summed E-state index contributed by atoms with van der Waals surface area (Å²) in [6.07, 6.45) is 6.90. The number of halogens is 1. The zero-order valence-corrected chi connectivity index (χ0v) is 11.8. The first kappa shape index (κ1) is 13.2. The summed E-state index contributed by atoms with van der Waals surface area (Å²) in [6.45, 7) is 4.05. The third-order valence-corrected chi connectivity index (χ3v) is 3.56. The Bertz CT molecular complexity index is 530. The molecule has 2 rings (SSSR count). The van der Waals surface area contributed by atoms with Crippen LogP contribution < -0.4 is 0 Å². The molecule has 94 valence electrons. The maximum atomic E-state index is 6.09. The lowest BCUT2D eigenvalue weighted by molar-refractivity contribution is 0.851. The molecule has 0 fully saturated rings. The van der Waals surface area contributed by atoms with E-state index in [0.717, 1.165) is 29.0 Å². The molecule has 2 aromatic rings. The quantitative estimate of drug-likeness (QED) is 0.635. The minimum absolute atomic E-state index is 0.515. The van der Waals surface area contributed by atoms with Crippen LogP contribution in [0.4, 0.5) is 0 Å². The van der Waals surface area contributed by atoms with Crippen LogP contribution in [0.15, 0.2) is 28.9 Å². The summed E-state index contributed by atoms with van der Waals surface area (Å²) in [5, 5.41) is 2.02. The van der Waals surface area contributed by atoms with Crippen molar-refractivity contribution in [3.63, 3.8) is 0 Å². The van der Waals surface area contributed by atoms with Crippen molar-refractivity contribution in [1.29, 1.82) is 0 Å². The van der Waals surface area contributed by atoms with Crippen molar-refractivity contribution >= 4 is 23.4 Å². The maximum absolute atomic E-state index is 6.09. The van der Waals surface area contributed by atoms with Crippen LogP contribution in [-0.2, 0) is 6.42 Å². The van der Waals surface area contributed by atoms with Crippen molar-refractivity contribution in [2.24, 2.45) is 0 Å². The van der Waals surface area contributed by atoms with Crippen LogP contribution in [0.5, 0.6) is 0 Å². The highest BCUT2D eigenvalue weighted by atomic mass is 35.5. The molecule has 18 heavy (non-hydrogen) atoms. The second kappa shape index (κ2) is 6.11. The lowest BCUT2D eigenvalue weighted by Gasteiger charge is -2.07. The maximum Gasteiger partial charge on any atom is 0.193 e. The summed E-state index contributed by atoms with van der Waals surface area (Å²) in [5.41, 5.74) is 2.00. The molecule has 0 N–H and O–H groups in total. The van der Waals surface area contributed by atoms with Gasteiger partial charge in [0.05, 0.1) is 0 Å². The van der Waals surface area contributed by atoms with Gasteiger partial charge in [-0.25, -0.2) is 19.9 Å². The first-order valence-corrected chi connectivity index (χ1v) is 6.86. The van der Waals surface area contributed by atoms with Gasteiger partial charge in [-0.3, -0.25) is 0 Å². The number of aromatic nitrogens is 4. The Hall–Kier alpha value is -1.20. The molecule has 0 atom stereocenters. The van der Waals surface area contributed by atoms with Crippen LogP contribution in [0.3, 0.4) is 0 Å². The van der Waals surface area contributed by atoms with Crippen molar-refractivity contribution in [3.8, 4) is 0 Å². The van der Waals surface area contributed by atoms with Crippen molar-refractivity contribution < 1.29 is 0 Å². The van der Waals surface area contributed by atoms with E-state index in [-0.39, 0.29) is 0 Å². The van der Waals surface area contributed by atoms with Gasteiger partial charge in [-0.1, -0.05) is 24.9 Å². The average molecular weight is 281 g/mol. The molecule has 0 aromatic carbocycles. The zero-order chi connectivity index (χ0) is 13.0. The molecule has 4 nitrogen and oxygen atoms in total. The topological polar surface area (TPSA) is 51.6 Å². The first-order chi connectivity index (χ1) is 8.70. The van der Waals surface area contributed by atoms with Gasteiger partial charge < -0.3 is 0 Å². The van der Waals surface area contributed by atoms with Gasteiger partial charge in [0.15, 0.2) is 5.16 Å². The van der Waals surface area contributed by atoms with Gasteiger partial charge in [-0.2, -0.15) is 0 Å². The van der Waals surface area contributed by atoms with Gasteiger partial charge in [0.2, 0.25) is 0 Å². The van der Waals surface area contributed by atoms with E-state index in [1.165, 1.54) is 18.1 Å². The van der Waals surface area contributed by atoms with Gasteiger partial charge in [0, 0.05) is 18.0 Å². The molecule has 0 spiro atoms. The van der Waals surface area contributed by atoms with Gasteiger partial charge in [0.25, 0.3) is 0 Å². The van der Waals surface area contributed by atoms with Crippen molar-refractivity contribution in [2.45, 2.75) is 36.9 Å². The zero-order valence-electron chi connectivity index (χ0n) is 10.2. The average Bonchev–Trinajstić information content (AvgIpc) is 2.36. The monoisotopic (exact) mass is 280 g/mol. The highest BCUT2D eigenvalue weighted by molar-refractivity contribution is 7.99. The number of hydrogen-bond acceptors (Lipinski definition) is 5. The Morgan fingerprint density at radius 2 is 1.89 bits per heavy atom. The Balaban J connectivity index is 2.28. The summed E-state index contributed by atoms with van der Waals surface area (Å²) in [4.78, 5) is 16.8. The molecule has 0 aliphatic rings. The molecule has 0 saturated carbocycles. The molecule has 0 aliphatic heterocycles. The standard InChI is InChI=1S/C12H13ClN4S/c1-3-4-9-10(13)16-7-17-11(9)18-12-14-5-8(2)6-15-12/h5-7H,3-4H2,1-2H3. The molecule has 0 unspecified atom stereocenters. The van der Waals surface area contributed by atoms with Gasteiger partial charge in [-0.05, 0) is 30.7 Å². The summed E-state index contributed by atoms with van der Waals surface area (Å²) < 4.78 is 0. The summed E-state index contributed by atoms with van der Waals surface area (Å²) in [5.74, 6) is 0. The van der Waals surface area contributed by atoms with E-state index in [1.807, 2.05) is 6.92 Å². The van der Waals surface area contributed by atoms with Crippen molar-refractivity contribution in [2.75, 3.05) is 0 Å². The van der Waals surface area contributed by atoms with Crippen LogP contribution in [0.2, 0.25) is 5.15 Å².